The third-order valence-corrected chi connectivity index (χ3v) is 4.61. The first-order valence-corrected chi connectivity index (χ1v) is 8.21. The molecule has 2 aromatic rings. The van der Waals surface area contributed by atoms with Crippen molar-refractivity contribution in [2.75, 3.05) is 5.32 Å². The Morgan fingerprint density at radius 3 is 2.71 bits per heavy atom. The van der Waals surface area contributed by atoms with E-state index in [1.54, 1.807) is 11.8 Å². The molecule has 4 heteroatoms. The van der Waals surface area contributed by atoms with Gasteiger partial charge in [0.05, 0.1) is 5.25 Å². The lowest BCUT2D eigenvalue weighted by molar-refractivity contribution is -0.115. The third-order valence-electron chi connectivity index (χ3n) is 3.16. The molecule has 0 bridgehead atoms. The molecule has 0 heterocycles. The molecule has 2 rings (SSSR count). The molecule has 0 aliphatic heterocycles. The number of rotatable bonds is 5. The summed E-state index contributed by atoms with van der Waals surface area (Å²) in [7, 11) is 0. The first-order valence-electron chi connectivity index (χ1n) is 6.79. The number of aryl methyl sites for hydroxylation is 1. The number of hydrogen-bond acceptors (Lipinski definition) is 2. The van der Waals surface area contributed by atoms with Gasteiger partial charge in [0.25, 0.3) is 0 Å². The quantitative estimate of drug-likeness (QED) is 0.848. The van der Waals surface area contributed by atoms with Gasteiger partial charge in [0.1, 0.15) is 0 Å². The van der Waals surface area contributed by atoms with Crippen LogP contribution in [-0.4, -0.2) is 11.2 Å². The normalized spacial score (nSPS) is 12.0. The molecule has 0 aliphatic rings. The number of hydrogen-bond donors (Lipinski definition) is 1. The molecule has 1 unspecified atom stereocenters. The molecule has 0 aliphatic carbocycles. The van der Waals surface area contributed by atoms with Crippen molar-refractivity contribution in [1.82, 2.24) is 0 Å². The number of amides is 1. The lowest BCUT2D eigenvalue weighted by atomic mass is 10.2. The Balaban J connectivity index is 1.90. The third kappa shape index (κ3) is 4.80. The largest absolute Gasteiger partial charge is 0.325 e. The minimum absolute atomic E-state index is 0.0244. The SMILES string of the molecule is Cc1ccccc1NC(=O)C(C)SCc1cccc(Cl)c1. The molecule has 1 N–H and O–H groups in total. The van der Waals surface area contributed by atoms with Gasteiger partial charge < -0.3 is 5.32 Å². The van der Waals surface area contributed by atoms with Crippen molar-refractivity contribution in [2.24, 2.45) is 0 Å². The van der Waals surface area contributed by atoms with Gasteiger partial charge in [-0.1, -0.05) is 41.9 Å². The molecule has 21 heavy (non-hydrogen) atoms. The second kappa shape index (κ2) is 7.53. The Kier molecular flexibility index (Phi) is 5.71. The van der Waals surface area contributed by atoms with E-state index in [0.717, 1.165) is 27.6 Å². The summed E-state index contributed by atoms with van der Waals surface area (Å²) < 4.78 is 0. The Bertz CT molecular complexity index is 630. The minimum atomic E-state index is -0.122. The van der Waals surface area contributed by atoms with Crippen molar-refractivity contribution in [1.29, 1.82) is 0 Å². The molecule has 0 saturated carbocycles. The van der Waals surface area contributed by atoms with Gasteiger partial charge in [0, 0.05) is 16.5 Å². The van der Waals surface area contributed by atoms with Gasteiger partial charge in [-0.15, -0.1) is 11.8 Å². The number of nitrogens with one attached hydrogen (secondary N) is 1. The molecular formula is C17H18ClNOS. The van der Waals surface area contributed by atoms with Gasteiger partial charge in [-0.25, -0.2) is 0 Å². The predicted octanol–water partition coefficient (Wildman–Crippen LogP) is 4.91. The highest BCUT2D eigenvalue weighted by molar-refractivity contribution is 7.99. The van der Waals surface area contributed by atoms with Gasteiger partial charge in [0.2, 0.25) is 5.91 Å². The van der Waals surface area contributed by atoms with E-state index in [-0.39, 0.29) is 11.2 Å². The fourth-order valence-electron chi connectivity index (χ4n) is 1.87. The van der Waals surface area contributed by atoms with E-state index in [0.29, 0.717) is 0 Å². The van der Waals surface area contributed by atoms with Crippen molar-refractivity contribution >= 4 is 35.0 Å². The number of para-hydroxylation sites is 1. The number of thioether (sulfide) groups is 1. The van der Waals surface area contributed by atoms with E-state index >= 15 is 0 Å². The van der Waals surface area contributed by atoms with Crippen LogP contribution in [0.25, 0.3) is 0 Å². The standard InChI is InChI=1S/C17H18ClNOS/c1-12-6-3-4-9-16(12)19-17(20)13(2)21-11-14-7-5-8-15(18)10-14/h3-10,13H,11H2,1-2H3,(H,19,20). The summed E-state index contributed by atoms with van der Waals surface area (Å²) >= 11 is 7.56. The molecule has 0 fully saturated rings. The maximum absolute atomic E-state index is 12.2. The molecular weight excluding hydrogens is 302 g/mol. The fraction of sp³-hybridized carbons (Fsp3) is 0.235. The number of carbonyl (C=O) groups excluding carboxylic acids is 1. The fourth-order valence-corrected chi connectivity index (χ4v) is 2.92. The lowest BCUT2D eigenvalue weighted by Gasteiger charge is -2.13. The monoisotopic (exact) mass is 319 g/mol. The smallest absolute Gasteiger partial charge is 0.237 e. The van der Waals surface area contributed by atoms with Crippen LogP contribution >= 0.6 is 23.4 Å². The Hall–Kier alpha value is -1.45. The van der Waals surface area contributed by atoms with Crippen LogP contribution < -0.4 is 5.32 Å². The maximum Gasteiger partial charge on any atom is 0.237 e. The summed E-state index contributed by atoms with van der Waals surface area (Å²) in [6, 6.07) is 15.5. The summed E-state index contributed by atoms with van der Waals surface area (Å²) in [5, 5.41) is 3.58. The second-order valence-electron chi connectivity index (χ2n) is 4.89. The number of carbonyl (C=O) groups is 1. The van der Waals surface area contributed by atoms with Crippen molar-refractivity contribution in [3.63, 3.8) is 0 Å². The van der Waals surface area contributed by atoms with Crippen LogP contribution in [0, 0.1) is 6.92 Å². The molecule has 0 saturated heterocycles. The lowest BCUT2D eigenvalue weighted by Crippen LogP contribution is -2.23. The molecule has 110 valence electrons. The summed E-state index contributed by atoms with van der Waals surface area (Å²) in [5.74, 6) is 0.791. The molecule has 0 aromatic heterocycles. The van der Waals surface area contributed by atoms with Gasteiger partial charge >= 0.3 is 0 Å². The zero-order valence-corrected chi connectivity index (χ0v) is 13.7. The summed E-state index contributed by atoms with van der Waals surface area (Å²) in [4.78, 5) is 12.2. The topological polar surface area (TPSA) is 29.1 Å². The van der Waals surface area contributed by atoms with Crippen molar-refractivity contribution in [3.8, 4) is 0 Å². The minimum Gasteiger partial charge on any atom is -0.325 e. The second-order valence-corrected chi connectivity index (χ2v) is 6.65. The molecule has 1 atom stereocenters. The van der Waals surface area contributed by atoms with Crippen LogP contribution in [0.15, 0.2) is 48.5 Å². The van der Waals surface area contributed by atoms with Crippen LogP contribution in [-0.2, 0) is 10.5 Å². The average molecular weight is 320 g/mol. The molecule has 2 nitrogen and oxygen atoms in total. The first-order chi connectivity index (χ1) is 10.1. The molecule has 0 spiro atoms. The van der Waals surface area contributed by atoms with Crippen molar-refractivity contribution in [2.45, 2.75) is 24.9 Å². The van der Waals surface area contributed by atoms with E-state index in [9.17, 15) is 4.79 Å². The zero-order chi connectivity index (χ0) is 15.2. The summed E-state index contributed by atoms with van der Waals surface area (Å²) in [5.41, 5.74) is 3.07. The maximum atomic E-state index is 12.2. The van der Waals surface area contributed by atoms with Crippen LogP contribution in [0.4, 0.5) is 5.69 Å². The Morgan fingerprint density at radius 2 is 2.00 bits per heavy atom. The highest BCUT2D eigenvalue weighted by Gasteiger charge is 2.14. The number of anilines is 1. The van der Waals surface area contributed by atoms with Gasteiger partial charge in [-0.2, -0.15) is 0 Å². The van der Waals surface area contributed by atoms with E-state index in [1.807, 2.05) is 62.4 Å². The van der Waals surface area contributed by atoms with Gasteiger partial charge in [-0.05, 0) is 43.2 Å². The highest BCUT2D eigenvalue weighted by Crippen LogP contribution is 2.22. The average Bonchev–Trinajstić information content (AvgIpc) is 2.47. The summed E-state index contributed by atoms with van der Waals surface area (Å²) in [6.07, 6.45) is 0. The predicted molar refractivity (Wildman–Crippen MR) is 92.0 cm³/mol. The van der Waals surface area contributed by atoms with E-state index < -0.39 is 0 Å². The summed E-state index contributed by atoms with van der Waals surface area (Å²) in [6.45, 7) is 3.90. The van der Waals surface area contributed by atoms with E-state index in [2.05, 4.69) is 5.32 Å². The number of benzene rings is 2. The molecule has 2 aromatic carbocycles. The number of halogens is 1. The van der Waals surface area contributed by atoms with Crippen molar-refractivity contribution < 1.29 is 4.79 Å². The van der Waals surface area contributed by atoms with Crippen LogP contribution in [0.5, 0.6) is 0 Å². The van der Waals surface area contributed by atoms with Crippen molar-refractivity contribution in [3.05, 3.63) is 64.7 Å². The van der Waals surface area contributed by atoms with Crippen LogP contribution in [0.3, 0.4) is 0 Å². The van der Waals surface area contributed by atoms with Gasteiger partial charge in [-0.3, -0.25) is 4.79 Å². The van der Waals surface area contributed by atoms with Crippen LogP contribution in [0.1, 0.15) is 18.1 Å². The Labute approximate surface area is 134 Å². The molecule has 0 radical (unpaired) electrons. The Morgan fingerprint density at radius 1 is 1.24 bits per heavy atom. The van der Waals surface area contributed by atoms with Crippen LogP contribution in [0.2, 0.25) is 5.02 Å². The molecule has 1 amide bonds. The van der Waals surface area contributed by atoms with E-state index in [4.69, 9.17) is 11.6 Å². The first kappa shape index (κ1) is 15.9. The zero-order valence-electron chi connectivity index (χ0n) is 12.1. The van der Waals surface area contributed by atoms with E-state index in [1.165, 1.54) is 0 Å². The van der Waals surface area contributed by atoms with Gasteiger partial charge in [0.15, 0.2) is 0 Å². The highest BCUT2D eigenvalue weighted by atomic mass is 35.5.